The van der Waals surface area contributed by atoms with Gasteiger partial charge in [0, 0.05) is 16.8 Å². The van der Waals surface area contributed by atoms with E-state index in [0.717, 1.165) is 10.9 Å². The minimum absolute atomic E-state index is 0.0794. The first-order valence-electron chi connectivity index (χ1n) is 8.74. The van der Waals surface area contributed by atoms with E-state index in [2.05, 4.69) is 41.4 Å². The van der Waals surface area contributed by atoms with Crippen LogP contribution in [-0.2, 0) is 4.74 Å². The normalized spacial score (nSPS) is 12.8. The molecule has 1 aliphatic rings. The summed E-state index contributed by atoms with van der Waals surface area (Å²) in [6, 6.07) is 26.4. The molecule has 26 heavy (non-hydrogen) atoms. The SMILES string of the molecule is O=C(OCC1c2ccccc2-c2ccccc21)c1cc2ccccc2[nH]1. The Morgan fingerprint density at radius 3 is 2.15 bits per heavy atom. The predicted octanol–water partition coefficient (Wildman–Crippen LogP) is 5.14. The van der Waals surface area contributed by atoms with Crippen molar-refractivity contribution in [3.63, 3.8) is 0 Å². The van der Waals surface area contributed by atoms with Crippen molar-refractivity contribution in [3.8, 4) is 11.1 Å². The summed E-state index contributed by atoms with van der Waals surface area (Å²) in [5.41, 5.74) is 6.34. The van der Waals surface area contributed by atoms with E-state index in [1.165, 1.54) is 22.3 Å². The molecular formula is C23H17NO2. The highest BCUT2D eigenvalue weighted by atomic mass is 16.5. The van der Waals surface area contributed by atoms with E-state index >= 15 is 0 Å². The Hall–Kier alpha value is -3.33. The molecule has 0 fully saturated rings. The molecule has 0 bridgehead atoms. The first kappa shape index (κ1) is 15.0. The summed E-state index contributed by atoms with van der Waals surface area (Å²) in [6.07, 6.45) is 0. The molecule has 0 saturated carbocycles. The molecule has 1 heterocycles. The van der Waals surface area contributed by atoms with E-state index in [-0.39, 0.29) is 11.9 Å². The minimum Gasteiger partial charge on any atom is -0.460 e. The minimum atomic E-state index is -0.317. The van der Waals surface area contributed by atoms with Crippen LogP contribution in [0.1, 0.15) is 27.5 Å². The lowest BCUT2D eigenvalue weighted by Crippen LogP contribution is -2.13. The van der Waals surface area contributed by atoms with Gasteiger partial charge in [0.15, 0.2) is 0 Å². The Morgan fingerprint density at radius 1 is 0.846 bits per heavy atom. The second-order valence-electron chi connectivity index (χ2n) is 6.60. The van der Waals surface area contributed by atoms with Crippen LogP contribution >= 0.6 is 0 Å². The number of aromatic nitrogens is 1. The van der Waals surface area contributed by atoms with E-state index in [1.807, 2.05) is 42.5 Å². The van der Waals surface area contributed by atoms with Crippen LogP contribution in [0.25, 0.3) is 22.0 Å². The Labute approximate surface area is 151 Å². The maximum absolute atomic E-state index is 12.5. The molecule has 3 aromatic carbocycles. The molecule has 3 heteroatoms. The maximum atomic E-state index is 12.5. The molecule has 0 unspecified atom stereocenters. The Kier molecular flexibility index (Phi) is 3.39. The number of aromatic amines is 1. The third-order valence-electron chi connectivity index (χ3n) is 5.09. The molecule has 1 N–H and O–H groups in total. The van der Waals surface area contributed by atoms with E-state index < -0.39 is 0 Å². The van der Waals surface area contributed by atoms with Crippen LogP contribution in [0.3, 0.4) is 0 Å². The Morgan fingerprint density at radius 2 is 1.46 bits per heavy atom. The molecule has 3 nitrogen and oxygen atoms in total. The first-order chi connectivity index (χ1) is 12.8. The van der Waals surface area contributed by atoms with Gasteiger partial charge in [-0.15, -0.1) is 0 Å². The zero-order valence-electron chi connectivity index (χ0n) is 14.1. The topological polar surface area (TPSA) is 42.1 Å². The quantitative estimate of drug-likeness (QED) is 0.525. The number of rotatable bonds is 3. The highest BCUT2D eigenvalue weighted by molar-refractivity contribution is 5.94. The van der Waals surface area contributed by atoms with Crippen molar-refractivity contribution in [2.24, 2.45) is 0 Å². The first-order valence-corrected chi connectivity index (χ1v) is 8.74. The second-order valence-corrected chi connectivity index (χ2v) is 6.60. The maximum Gasteiger partial charge on any atom is 0.354 e. The number of fused-ring (bicyclic) bond motifs is 4. The van der Waals surface area contributed by atoms with E-state index in [4.69, 9.17) is 4.74 Å². The van der Waals surface area contributed by atoms with Crippen LogP contribution in [0, 0.1) is 0 Å². The van der Waals surface area contributed by atoms with Crippen molar-refractivity contribution in [3.05, 3.63) is 95.7 Å². The molecule has 0 amide bonds. The van der Waals surface area contributed by atoms with Crippen molar-refractivity contribution >= 4 is 16.9 Å². The van der Waals surface area contributed by atoms with Crippen molar-refractivity contribution < 1.29 is 9.53 Å². The lowest BCUT2D eigenvalue weighted by atomic mass is 9.98. The zero-order valence-corrected chi connectivity index (χ0v) is 14.1. The third-order valence-corrected chi connectivity index (χ3v) is 5.09. The largest absolute Gasteiger partial charge is 0.460 e. The fourth-order valence-corrected chi connectivity index (χ4v) is 3.86. The van der Waals surface area contributed by atoms with Gasteiger partial charge in [-0.05, 0) is 34.4 Å². The lowest BCUT2D eigenvalue weighted by Gasteiger charge is -2.13. The fraction of sp³-hybridized carbons (Fsp3) is 0.0870. The smallest absolute Gasteiger partial charge is 0.354 e. The highest BCUT2D eigenvalue weighted by Crippen LogP contribution is 2.44. The molecule has 1 aliphatic carbocycles. The van der Waals surface area contributed by atoms with Gasteiger partial charge in [-0.3, -0.25) is 0 Å². The van der Waals surface area contributed by atoms with E-state index in [0.29, 0.717) is 12.3 Å². The Balaban J connectivity index is 1.42. The number of ether oxygens (including phenoxy) is 1. The standard InChI is InChI=1S/C23H17NO2/c25-23(22-13-15-7-1-6-12-21(15)24-22)26-14-20-18-10-4-2-8-16(18)17-9-3-5-11-19(17)20/h1-13,20,24H,14H2. The second kappa shape index (κ2) is 5.88. The molecule has 126 valence electrons. The molecule has 5 rings (SSSR count). The molecule has 0 radical (unpaired) electrons. The number of nitrogens with one attached hydrogen (secondary N) is 1. The van der Waals surface area contributed by atoms with Crippen LogP contribution in [0.4, 0.5) is 0 Å². The van der Waals surface area contributed by atoms with Gasteiger partial charge in [0.1, 0.15) is 12.3 Å². The molecule has 0 atom stereocenters. The van der Waals surface area contributed by atoms with Gasteiger partial charge in [-0.25, -0.2) is 4.79 Å². The molecular weight excluding hydrogens is 322 g/mol. The van der Waals surface area contributed by atoms with Crippen LogP contribution in [0.5, 0.6) is 0 Å². The van der Waals surface area contributed by atoms with Gasteiger partial charge in [0.2, 0.25) is 0 Å². The van der Waals surface area contributed by atoms with Gasteiger partial charge < -0.3 is 9.72 Å². The number of carbonyl (C=O) groups is 1. The van der Waals surface area contributed by atoms with Crippen molar-refractivity contribution in [1.82, 2.24) is 4.98 Å². The van der Waals surface area contributed by atoms with Crippen molar-refractivity contribution in [1.29, 1.82) is 0 Å². The number of H-pyrrole nitrogens is 1. The van der Waals surface area contributed by atoms with Gasteiger partial charge in [-0.2, -0.15) is 0 Å². The lowest BCUT2D eigenvalue weighted by molar-refractivity contribution is 0.0488. The predicted molar refractivity (Wildman–Crippen MR) is 102 cm³/mol. The fourth-order valence-electron chi connectivity index (χ4n) is 3.86. The molecule has 0 spiro atoms. The average Bonchev–Trinajstić information content (AvgIpc) is 3.26. The summed E-state index contributed by atoms with van der Waals surface area (Å²) < 4.78 is 5.69. The van der Waals surface area contributed by atoms with Crippen LogP contribution < -0.4 is 0 Å². The number of esters is 1. The summed E-state index contributed by atoms with van der Waals surface area (Å²) in [7, 11) is 0. The van der Waals surface area contributed by atoms with E-state index in [1.54, 1.807) is 0 Å². The Bertz CT molecular complexity index is 1050. The summed E-state index contributed by atoms with van der Waals surface area (Å²) in [5.74, 6) is -0.237. The molecule has 4 aromatic rings. The average molecular weight is 339 g/mol. The van der Waals surface area contributed by atoms with Crippen LogP contribution in [0.15, 0.2) is 78.9 Å². The van der Waals surface area contributed by atoms with Crippen molar-refractivity contribution in [2.45, 2.75) is 5.92 Å². The van der Waals surface area contributed by atoms with Gasteiger partial charge in [-0.1, -0.05) is 66.7 Å². The zero-order chi connectivity index (χ0) is 17.5. The van der Waals surface area contributed by atoms with Gasteiger partial charge in [0.05, 0.1) is 0 Å². The van der Waals surface area contributed by atoms with E-state index in [9.17, 15) is 4.79 Å². The summed E-state index contributed by atoms with van der Waals surface area (Å²) >= 11 is 0. The molecule has 0 saturated heterocycles. The molecule has 0 aliphatic heterocycles. The highest BCUT2D eigenvalue weighted by Gasteiger charge is 2.29. The summed E-state index contributed by atoms with van der Waals surface area (Å²) in [6.45, 7) is 0.336. The number of carbonyl (C=O) groups excluding carboxylic acids is 1. The van der Waals surface area contributed by atoms with Crippen LogP contribution in [-0.4, -0.2) is 17.6 Å². The number of para-hydroxylation sites is 1. The number of hydrogen-bond acceptors (Lipinski definition) is 2. The van der Waals surface area contributed by atoms with Gasteiger partial charge >= 0.3 is 5.97 Å². The number of hydrogen-bond donors (Lipinski definition) is 1. The summed E-state index contributed by atoms with van der Waals surface area (Å²) in [5, 5.41) is 1.01. The molecule has 1 aromatic heterocycles. The summed E-state index contributed by atoms with van der Waals surface area (Å²) in [4.78, 5) is 15.7. The van der Waals surface area contributed by atoms with Crippen LogP contribution in [0.2, 0.25) is 0 Å². The third kappa shape index (κ3) is 2.32. The van der Waals surface area contributed by atoms with Crippen molar-refractivity contribution in [2.75, 3.05) is 6.61 Å². The monoisotopic (exact) mass is 339 g/mol. The van der Waals surface area contributed by atoms with Gasteiger partial charge in [0.25, 0.3) is 0 Å². The number of benzene rings is 3.